The lowest BCUT2D eigenvalue weighted by atomic mass is 9.72. The standard InChI is InChI=1S/C13H21N2/c1-3-12-6-9(2)13(14-12)8-15-5-4-10(7-12)11(13)15/h9-10,14H,3-8H2,1-2H3/q+1. The van der Waals surface area contributed by atoms with Gasteiger partial charge < -0.3 is 0 Å². The maximum absolute atomic E-state index is 4.04. The van der Waals surface area contributed by atoms with E-state index in [1.165, 1.54) is 38.8 Å². The van der Waals surface area contributed by atoms with Gasteiger partial charge in [0, 0.05) is 17.9 Å². The number of fused-ring (bicyclic) bond motifs is 1. The second-order valence-corrected chi connectivity index (χ2v) is 6.33. The Morgan fingerprint density at radius 3 is 3.13 bits per heavy atom. The number of hydrogen-bond donors (Lipinski definition) is 1. The lowest BCUT2D eigenvalue weighted by molar-refractivity contribution is -0.560. The fraction of sp³-hybridized carbons (Fsp3) is 0.923. The Morgan fingerprint density at radius 2 is 2.33 bits per heavy atom. The zero-order valence-electron chi connectivity index (χ0n) is 9.84. The highest BCUT2D eigenvalue weighted by molar-refractivity contribution is 5.97. The van der Waals surface area contributed by atoms with Gasteiger partial charge in [-0.3, -0.25) is 5.32 Å². The van der Waals surface area contributed by atoms with Crippen molar-refractivity contribution in [3.8, 4) is 0 Å². The van der Waals surface area contributed by atoms with E-state index in [0.29, 0.717) is 11.1 Å². The fourth-order valence-corrected chi connectivity index (χ4v) is 5.03. The van der Waals surface area contributed by atoms with Crippen LogP contribution in [-0.4, -0.2) is 34.5 Å². The molecule has 2 fully saturated rings. The van der Waals surface area contributed by atoms with E-state index < -0.39 is 0 Å². The van der Waals surface area contributed by atoms with Crippen molar-refractivity contribution in [2.24, 2.45) is 11.8 Å². The minimum absolute atomic E-state index is 0.454. The molecule has 0 aromatic rings. The van der Waals surface area contributed by atoms with Crippen LogP contribution in [0.1, 0.15) is 39.5 Å². The van der Waals surface area contributed by atoms with Crippen molar-refractivity contribution >= 4 is 5.71 Å². The molecule has 82 valence electrons. The van der Waals surface area contributed by atoms with Gasteiger partial charge in [0.05, 0.1) is 0 Å². The zero-order chi connectivity index (χ0) is 10.3. The van der Waals surface area contributed by atoms with E-state index in [1.807, 2.05) is 0 Å². The first-order valence-electron chi connectivity index (χ1n) is 6.61. The van der Waals surface area contributed by atoms with E-state index in [4.69, 9.17) is 0 Å². The monoisotopic (exact) mass is 205 g/mol. The van der Waals surface area contributed by atoms with Crippen LogP contribution in [0, 0.1) is 11.8 Å². The maximum atomic E-state index is 4.04. The highest BCUT2D eigenvalue weighted by Gasteiger charge is 2.71. The number of hydrogen-bond acceptors (Lipinski definition) is 1. The van der Waals surface area contributed by atoms with E-state index >= 15 is 0 Å². The quantitative estimate of drug-likeness (QED) is 0.639. The van der Waals surface area contributed by atoms with Crippen LogP contribution in [0.25, 0.3) is 0 Å². The first-order chi connectivity index (χ1) is 7.19. The van der Waals surface area contributed by atoms with E-state index in [2.05, 4.69) is 23.7 Å². The Balaban J connectivity index is 1.85. The Morgan fingerprint density at radius 1 is 1.47 bits per heavy atom. The average Bonchev–Trinajstić information content (AvgIpc) is 2.66. The van der Waals surface area contributed by atoms with Gasteiger partial charge in [-0.15, -0.1) is 0 Å². The topological polar surface area (TPSA) is 15.0 Å². The summed E-state index contributed by atoms with van der Waals surface area (Å²) in [6.45, 7) is 7.49. The molecule has 0 aromatic carbocycles. The molecular weight excluding hydrogens is 184 g/mol. The van der Waals surface area contributed by atoms with Crippen molar-refractivity contribution in [3.63, 3.8) is 0 Å². The van der Waals surface area contributed by atoms with Crippen LogP contribution < -0.4 is 5.32 Å². The summed E-state index contributed by atoms with van der Waals surface area (Å²) in [7, 11) is 0. The molecule has 2 nitrogen and oxygen atoms in total. The first kappa shape index (κ1) is 8.74. The molecule has 4 rings (SSSR count). The van der Waals surface area contributed by atoms with Gasteiger partial charge in [-0.25, -0.2) is 4.58 Å². The van der Waals surface area contributed by atoms with Crippen LogP contribution in [0.15, 0.2) is 0 Å². The Bertz CT molecular complexity index is 373. The Labute approximate surface area is 91.8 Å². The van der Waals surface area contributed by atoms with Gasteiger partial charge >= 0.3 is 0 Å². The summed E-state index contributed by atoms with van der Waals surface area (Å²) in [4.78, 5) is 0. The predicted octanol–water partition coefficient (Wildman–Crippen LogP) is 1.39. The van der Waals surface area contributed by atoms with E-state index in [1.54, 1.807) is 5.71 Å². The molecule has 15 heavy (non-hydrogen) atoms. The summed E-state index contributed by atoms with van der Waals surface area (Å²) in [6, 6.07) is 0. The van der Waals surface area contributed by atoms with Crippen LogP contribution in [0.2, 0.25) is 0 Å². The summed E-state index contributed by atoms with van der Waals surface area (Å²) in [6.07, 6.45) is 5.59. The third kappa shape index (κ3) is 0.780. The SMILES string of the molecule is CCC12CC3CC[N+]4=C3C(C4)(N1)C(C)C2. The van der Waals surface area contributed by atoms with Crippen molar-refractivity contribution in [2.75, 3.05) is 13.1 Å². The van der Waals surface area contributed by atoms with Gasteiger partial charge in [0.2, 0.25) is 0 Å². The van der Waals surface area contributed by atoms with Gasteiger partial charge in [-0.2, -0.15) is 0 Å². The second-order valence-electron chi connectivity index (χ2n) is 6.33. The molecular formula is C13H21N2+. The molecule has 4 unspecified atom stereocenters. The third-order valence-corrected chi connectivity index (χ3v) is 5.71. The zero-order valence-corrected chi connectivity index (χ0v) is 9.84. The third-order valence-electron chi connectivity index (χ3n) is 5.71. The highest BCUT2D eigenvalue weighted by atomic mass is 15.3. The van der Waals surface area contributed by atoms with Crippen molar-refractivity contribution in [3.05, 3.63) is 0 Å². The van der Waals surface area contributed by atoms with Crippen LogP contribution >= 0.6 is 0 Å². The van der Waals surface area contributed by atoms with E-state index in [-0.39, 0.29) is 0 Å². The molecule has 0 aromatic heterocycles. The summed E-state index contributed by atoms with van der Waals surface area (Å²) in [5.41, 5.74) is 2.76. The highest BCUT2D eigenvalue weighted by Crippen LogP contribution is 2.53. The van der Waals surface area contributed by atoms with Crippen LogP contribution in [0.4, 0.5) is 0 Å². The van der Waals surface area contributed by atoms with Crippen molar-refractivity contribution < 1.29 is 4.58 Å². The van der Waals surface area contributed by atoms with Gasteiger partial charge in [0.1, 0.15) is 6.54 Å². The van der Waals surface area contributed by atoms with Gasteiger partial charge in [0.25, 0.3) is 0 Å². The molecule has 0 saturated carbocycles. The molecule has 1 spiro atoms. The second kappa shape index (κ2) is 2.32. The van der Waals surface area contributed by atoms with Crippen molar-refractivity contribution in [1.29, 1.82) is 0 Å². The van der Waals surface area contributed by atoms with Gasteiger partial charge in [-0.05, 0) is 25.2 Å². The number of nitrogens with one attached hydrogen (secondary N) is 1. The average molecular weight is 205 g/mol. The maximum Gasteiger partial charge on any atom is 0.183 e. The molecule has 2 saturated heterocycles. The van der Waals surface area contributed by atoms with E-state index in [9.17, 15) is 0 Å². The molecule has 4 aliphatic rings. The largest absolute Gasteiger partial charge is 0.292 e. The van der Waals surface area contributed by atoms with Crippen LogP contribution in [0.3, 0.4) is 0 Å². The first-order valence-corrected chi connectivity index (χ1v) is 6.61. The van der Waals surface area contributed by atoms with Crippen molar-refractivity contribution in [2.45, 2.75) is 50.6 Å². The van der Waals surface area contributed by atoms with Crippen molar-refractivity contribution in [1.82, 2.24) is 5.32 Å². The molecule has 4 heterocycles. The number of rotatable bonds is 1. The fourth-order valence-electron chi connectivity index (χ4n) is 5.03. The molecule has 0 amide bonds. The molecule has 2 heteroatoms. The molecule has 1 N–H and O–H groups in total. The summed E-state index contributed by atoms with van der Waals surface area (Å²) in [5, 5.41) is 4.04. The molecule has 0 radical (unpaired) electrons. The molecule has 2 bridgehead atoms. The molecule has 0 aliphatic carbocycles. The summed E-state index contributed by atoms with van der Waals surface area (Å²) >= 11 is 0. The van der Waals surface area contributed by atoms with Crippen LogP contribution in [0.5, 0.6) is 0 Å². The number of piperidine rings is 1. The van der Waals surface area contributed by atoms with Crippen LogP contribution in [-0.2, 0) is 0 Å². The van der Waals surface area contributed by atoms with Gasteiger partial charge in [0.15, 0.2) is 17.8 Å². The minimum atomic E-state index is 0.454. The van der Waals surface area contributed by atoms with E-state index in [0.717, 1.165) is 11.8 Å². The summed E-state index contributed by atoms with van der Waals surface area (Å²) in [5.74, 6) is 1.80. The summed E-state index contributed by atoms with van der Waals surface area (Å²) < 4.78 is 2.65. The smallest absolute Gasteiger partial charge is 0.183 e. The Hall–Kier alpha value is -0.370. The minimum Gasteiger partial charge on any atom is -0.292 e. The molecule has 4 aliphatic heterocycles. The normalized spacial score (nSPS) is 55.6. The predicted molar refractivity (Wildman–Crippen MR) is 60.4 cm³/mol. The lowest BCUT2D eigenvalue weighted by Crippen LogP contribution is -2.73. The molecule has 4 atom stereocenters. The number of nitrogens with zero attached hydrogens (tertiary/aromatic N) is 1. The lowest BCUT2D eigenvalue weighted by Gasteiger charge is -2.45. The Kier molecular flexibility index (Phi) is 1.35. The van der Waals surface area contributed by atoms with Gasteiger partial charge in [-0.1, -0.05) is 13.8 Å².